The Morgan fingerprint density at radius 1 is 0.783 bits per heavy atom. The van der Waals surface area contributed by atoms with Crippen molar-refractivity contribution < 1.29 is 29.0 Å². The number of pyridine rings is 1. The Morgan fingerprint density at radius 2 is 1.41 bits per heavy atom. The summed E-state index contributed by atoms with van der Waals surface area (Å²) in [5.41, 5.74) is 2.27. The van der Waals surface area contributed by atoms with Crippen LogP contribution in [0, 0.1) is 5.41 Å². The first-order valence-corrected chi connectivity index (χ1v) is 15.5. The van der Waals surface area contributed by atoms with E-state index in [1.807, 2.05) is 93.6 Å². The second-order valence-corrected chi connectivity index (χ2v) is 13.5. The fraction of sp³-hybridized carbons (Fsp3) is 0.444. The molecule has 4 N–H and O–H groups in total. The van der Waals surface area contributed by atoms with E-state index in [2.05, 4.69) is 20.9 Å². The number of amides is 3. The molecule has 0 aliphatic carbocycles. The van der Waals surface area contributed by atoms with Gasteiger partial charge in [-0.05, 0) is 68.7 Å². The molecular weight excluding hydrogens is 584 g/mol. The minimum Gasteiger partial charge on any atom is -0.453 e. The quantitative estimate of drug-likeness (QED) is 0.209. The summed E-state index contributed by atoms with van der Waals surface area (Å²) in [6, 6.07) is 20.9. The van der Waals surface area contributed by atoms with Crippen LogP contribution >= 0.6 is 0 Å². The van der Waals surface area contributed by atoms with Crippen molar-refractivity contribution in [3.05, 3.63) is 90.1 Å². The van der Waals surface area contributed by atoms with Gasteiger partial charge in [0.25, 0.3) is 0 Å². The number of aliphatic hydroxyl groups excluding tert-OH is 1. The summed E-state index contributed by atoms with van der Waals surface area (Å²) < 4.78 is 10.3. The van der Waals surface area contributed by atoms with E-state index < -0.39 is 53.3 Å². The number of ether oxygens (including phenoxy) is 2. The molecule has 4 atom stereocenters. The summed E-state index contributed by atoms with van der Waals surface area (Å²) >= 11 is 0. The summed E-state index contributed by atoms with van der Waals surface area (Å²) in [6.45, 7) is 10.8. The van der Waals surface area contributed by atoms with Crippen LogP contribution in [0.4, 0.5) is 9.59 Å². The number of alkyl carbamates (subject to hydrolysis) is 2. The minimum absolute atomic E-state index is 0.107. The highest BCUT2D eigenvalue weighted by Gasteiger charge is 2.35. The van der Waals surface area contributed by atoms with Gasteiger partial charge < -0.3 is 30.5 Å². The van der Waals surface area contributed by atoms with Crippen molar-refractivity contribution in [3.63, 3.8) is 0 Å². The molecular formula is C36H48N4O6. The topological polar surface area (TPSA) is 139 Å². The average molecular weight is 633 g/mol. The van der Waals surface area contributed by atoms with Crippen LogP contribution in [0.2, 0.25) is 0 Å². The fourth-order valence-corrected chi connectivity index (χ4v) is 5.03. The average Bonchev–Trinajstić information content (AvgIpc) is 2.99. The Bertz CT molecular complexity index is 1400. The van der Waals surface area contributed by atoms with E-state index in [9.17, 15) is 19.5 Å². The summed E-state index contributed by atoms with van der Waals surface area (Å²) in [5.74, 6) is -0.417. The number of carbonyl (C=O) groups is 3. The van der Waals surface area contributed by atoms with Gasteiger partial charge in [-0.3, -0.25) is 9.78 Å². The molecule has 10 nitrogen and oxygen atoms in total. The van der Waals surface area contributed by atoms with Gasteiger partial charge in [0, 0.05) is 17.8 Å². The zero-order valence-electron chi connectivity index (χ0n) is 27.9. The molecule has 248 valence electrons. The first kappa shape index (κ1) is 36.0. The van der Waals surface area contributed by atoms with Gasteiger partial charge in [0.2, 0.25) is 5.91 Å². The van der Waals surface area contributed by atoms with Gasteiger partial charge in [-0.2, -0.15) is 0 Å². The number of nitrogens with zero attached hydrogens (tertiary/aromatic N) is 1. The van der Waals surface area contributed by atoms with Crippen LogP contribution in [0.3, 0.4) is 0 Å². The molecule has 3 aromatic rings. The molecule has 0 radical (unpaired) electrons. The number of hydrogen-bond donors (Lipinski definition) is 4. The SMILES string of the molecule is COC(=O)N[C@H](C(=O)NC(Cc1ccc(-c2ccccn2)cc1)C[C@H](O)[C@H](Cc1ccccc1)NC(=O)OC(C)(C)C)C(C)(C)C. The third-order valence-electron chi connectivity index (χ3n) is 7.31. The Balaban J connectivity index is 1.89. The summed E-state index contributed by atoms with van der Waals surface area (Å²) in [5, 5.41) is 20.2. The van der Waals surface area contributed by atoms with E-state index in [1.54, 1.807) is 27.0 Å². The fourth-order valence-electron chi connectivity index (χ4n) is 5.03. The van der Waals surface area contributed by atoms with E-state index >= 15 is 0 Å². The number of benzene rings is 2. The van der Waals surface area contributed by atoms with Crippen molar-refractivity contribution in [1.82, 2.24) is 20.9 Å². The lowest BCUT2D eigenvalue weighted by atomic mass is 9.85. The number of carbonyl (C=O) groups excluding carboxylic acids is 3. The van der Waals surface area contributed by atoms with Crippen LogP contribution in [0.15, 0.2) is 79.0 Å². The van der Waals surface area contributed by atoms with Gasteiger partial charge in [-0.1, -0.05) is 81.4 Å². The van der Waals surface area contributed by atoms with Gasteiger partial charge >= 0.3 is 12.2 Å². The molecule has 0 aliphatic heterocycles. The Labute approximate surface area is 272 Å². The zero-order chi connectivity index (χ0) is 33.9. The molecule has 2 aromatic carbocycles. The van der Waals surface area contributed by atoms with E-state index in [0.29, 0.717) is 12.8 Å². The van der Waals surface area contributed by atoms with Crippen molar-refractivity contribution in [1.29, 1.82) is 0 Å². The predicted octanol–water partition coefficient (Wildman–Crippen LogP) is 5.43. The number of nitrogens with one attached hydrogen (secondary N) is 3. The van der Waals surface area contributed by atoms with Crippen molar-refractivity contribution in [2.75, 3.05) is 7.11 Å². The largest absolute Gasteiger partial charge is 0.453 e. The number of aliphatic hydroxyl groups is 1. The molecule has 0 saturated carbocycles. The van der Waals surface area contributed by atoms with Crippen LogP contribution in [-0.2, 0) is 27.1 Å². The van der Waals surface area contributed by atoms with E-state index in [0.717, 1.165) is 22.4 Å². The van der Waals surface area contributed by atoms with Crippen molar-refractivity contribution in [3.8, 4) is 11.3 Å². The Kier molecular flexibility index (Phi) is 12.7. The van der Waals surface area contributed by atoms with E-state index in [-0.39, 0.29) is 6.42 Å². The van der Waals surface area contributed by atoms with Gasteiger partial charge in [0.05, 0.1) is 24.9 Å². The molecule has 3 amide bonds. The first-order chi connectivity index (χ1) is 21.6. The van der Waals surface area contributed by atoms with Crippen LogP contribution in [-0.4, -0.2) is 65.1 Å². The number of aromatic nitrogens is 1. The van der Waals surface area contributed by atoms with Crippen LogP contribution in [0.1, 0.15) is 59.1 Å². The second kappa shape index (κ2) is 16.2. The number of rotatable bonds is 12. The van der Waals surface area contributed by atoms with Gasteiger partial charge in [0.1, 0.15) is 11.6 Å². The van der Waals surface area contributed by atoms with Gasteiger partial charge in [-0.25, -0.2) is 9.59 Å². The van der Waals surface area contributed by atoms with Crippen LogP contribution in [0.25, 0.3) is 11.3 Å². The van der Waals surface area contributed by atoms with Crippen molar-refractivity contribution >= 4 is 18.1 Å². The first-order valence-electron chi connectivity index (χ1n) is 15.5. The molecule has 1 heterocycles. The Hall–Kier alpha value is -4.44. The minimum atomic E-state index is -1.06. The monoisotopic (exact) mass is 632 g/mol. The molecule has 1 unspecified atom stereocenters. The molecule has 10 heteroatoms. The molecule has 46 heavy (non-hydrogen) atoms. The molecule has 0 bridgehead atoms. The maximum Gasteiger partial charge on any atom is 0.407 e. The van der Waals surface area contributed by atoms with Crippen LogP contribution in [0.5, 0.6) is 0 Å². The summed E-state index contributed by atoms with van der Waals surface area (Å²) in [4.78, 5) is 43.1. The van der Waals surface area contributed by atoms with Crippen molar-refractivity contribution in [2.45, 2.75) is 90.6 Å². The highest BCUT2D eigenvalue weighted by molar-refractivity contribution is 5.86. The molecule has 0 spiro atoms. The van der Waals surface area contributed by atoms with Crippen LogP contribution < -0.4 is 16.0 Å². The highest BCUT2D eigenvalue weighted by Crippen LogP contribution is 2.22. The molecule has 0 aliphatic rings. The molecule has 0 saturated heterocycles. The van der Waals surface area contributed by atoms with Crippen molar-refractivity contribution in [2.24, 2.45) is 5.41 Å². The molecule has 1 aromatic heterocycles. The van der Waals surface area contributed by atoms with E-state index in [4.69, 9.17) is 9.47 Å². The second-order valence-electron chi connectivity index (χ2n) is 13.5. The maximum absolute atomic E-state index is 13.7. The standard InChI is InChI=1S/C36H48N4O6/c1-35(2,3)31(40-33(43)45-7)32(42)38-27(21-25-16-18-26(19-17-25)28-15-11-12-20-37-28)23-30(41)29(22-24-13-9-8-10-14-24)39-34(44)46-36(4,5)6/h8-20,27,29-31,41H,21-23H2,1-7H3,(H,38,42)(H,39,44)(H,40,43)/t27?,29-,30-,31+/m0/s1. The molecule has 0 fully saturated rings. The van der Waals surface area contributed by atoms with E-state index in [1.165, 1.54) is 7.11 Å². The third-order valence-corrected chi connectivity index (χ3v) is 7.31. The number of methoxy groups -OCH3 is 1. The third kappa shape index (κ3) is 11.8. The highest BCUT2D eigenvalue weighted by atomic mass is 16.6. The normalized spacial score (nSPS) is 14.3. The lowest BCUT2D eigenvalue weighted by molar-refractivity contribution is -0.126. The summed E-state index contributed by atoms with van der Waals surface area (Å²) in [6.07, 6.45) is 0.138. The molecule has 3 rings (SSSR count). The lowest BCUT2D eigenvalue weighted by Crippen LogP contribution is -2.56. The Morgan fingerprint density at radius 3 is 1.98 bits per heavy atom. The van der Waals surface area contributed by atoms with Gasteiger partial charge in [0.15, 0.2) is 0 Å². The number of hydrogen-bond acceptors (Lipinski definition) is 7. The lowest BCUT2D eigenvalue weighted by Gasteiger charge is -2.33. The summed E-state index contributed by atoms with van der Waals surface area (Å²) in [7, 11) is 1.24. The smallest absolute Gasteiger partial charge is 0.407 e. The maximum atomic E-state index is 13.7. The predicted molar refractivity (Wildman–Crippen MR) is 178 cm³/mol. The van der Waals surface area contributed by atoms with Gasteiger partial charge in [-0.15, -0.1) is 0 Å². The zero-order valence-corrected chi connectivity index (χ0v) is 27.9.